The number of phenols is 1. The molecule has 3 nitrogen and oxygen atoms in total. The highest BCUT2D eigenvalue weighted by Crippen LogP contribution is 2.37. The van der Waals surface area contributed by atoms with Gasteiger partial charge in [-0.25, -0.2) is 4.39 Å². The summed E-state index contributed by atoms with van der Waals surface area (Å²) >= 11 is 5.63. The van der Waals surface area contributed by atoms with Gasteiger partial charge in [-0.1, -0.05) is 17.7 Å². The van der Waals surface area contributed by atoms with Crippen molar-refractivity contribution in [1.82, 2.24) is 0 Å². The summed E-state index contributed by atoms with van der Waals surface area (Å²) in [7, 11) is -0.849. The molecule has 98 valence electrons. The van der Waals surface area contributed by atoms with E-state index in [2.05, 4.69) is 0 Å². The summed E-state index contributed by atoms with van der Waals surface area (Å²) in [5.41, 5.74) is -0.964. The van der Waals surface area contributed by atoms with Gasteiger partial charge in [0.1, 0.15) is 0 Å². The van der Waals surface area contributed by atoms with Crippen LogP contribution in [-0.4, -0.2) is 23.4 Å². The average molecular weight is 273 g/mol. The topological polar surface area (TPSA) is 38.7 Å². The van der Waals surface area contributed by atoms with Gasteiger partial charge in [-0.3, -0.25) is 0 Å². The first-order chi connectivity index (χ1) is 8.16. The Labute approximate surface area is 111 Å². The highest BCUT2D eigenvalue weighted by molar-refractivity contribution is 6.62. The van der Waals surface area contributed by atoms with Crippen LogP contribution in [0.4, 0.5) is 4.39 Å². The molecule has 0 aromatic heterocycles. The summed E-state index contributed by atoms with van der Waals surface area (Å²) < 4.78 is 25.3. The van der Waals surface area contributed by atoms with Crippen LogP contribution in [0.3, 0.4) is 0 Å². The summed E-state index contributed by atoms with van der Waals surface area (Å²) in [4.78, 5) is 0. The average Bonchev–Trinajstić information content (AvgIpc) is 2.45. The molecule has 1 aromatic carbocycles. The summed E-state index contributed by atoms with van der Waals surface area (Å²) in [5, 5.41) is 9.46. The van der Waals surface area contributed by atoms with Gasteiger partial charge in [-0.2, -0.15) is 0 Å². The second-order valence-electron chi connectivity index (χ2n) is 5.39. The lowest BCUT2D eigenvalue weighted by molar-refractivity contribution is 0.00578. The second kappa shape index (κ2) is 4.12. The Morgan fingerprint density at radius 3 is 2.17 bits per heavy atom. The van der Waals surface area contributed by atoms with E-state index in [0.29, 0.717) is 0 Å². The van der Waals surface area contributed by atoms with Crippen LogP contribution in [0.1, 0.15) is 27.7 Å². The zero-order valence-corrected chi connectivity index (χ0v) is 11.5. The Morgan fingerprint density at radius 1 is 1.17 bits per heavy atom. The van der Waals surface area contributed by atoms with Gasteiger partial charge in [-0.05, 0) is 33.8 Å². The third kappa shape index (κ3) is 2.00. The molecule has 1 fully saturated rings. The number of aromatic hydroxyl groups is 1. The van der Waals surface area contributed by atoms with E-state index in [1.807, 2.05) is 27.7 Å². The van der Waals surface area contributed by atoms with Gasteiger partial charge >= 0.3 is 7.12 Å². The maximum absolute atomic E-state index is 13.9. The number of rotatable bonds is 1. The van der Waals surface area contributed by atoms with E-state index in [1.165, 1.54) is 12.1 Å². The van der Waals surface area contributed by atoms with Crippen LogP contribution < -0.4 is 5.46 Å². The molecule has 0 amide bonds. The van der Waals surface area contributed by atoms with Gasteiger partial charge in [0, 0.05) is 5.46 Å². The maximum Gasteiger partial charge on any atom is 0.498 e. The Bertz CT molecular complexity index is 474. The molecule has 1 heterocycles. The molecule has 0 radical (unpaired) electrons. The van der Waals surface area contributed by atoms with Gasteiger partial charge in [0.15, 0.2) is 11.6 Å². The molecule has 0 spiro atoms. The van der Waals surface area contributed by atoms with Crippen molar-refractivity contribution in [1.29, 1.82) is 0 Å². The van der Waals surface area contributed by atoms with Crippen molar-refractivity contribution >= 4 is 24.2 Å². The monoisotopic (exact) mass is 272 g/mol. The SMILES string of the molecule is CC1(C)OB(c2ccc(Cl)c(O)c2F)OC1(C)C. The molecular weight excluding hydrogens is 257 g/mol. The Kier molecular flexibility index (Phi) is 3.12. The van der Waals surface area contributed by atoms with E-state index in [0.717, 1.165) is 0 Å². The molecule has 1 aliphatic rings. The van der Waals surface area contributed by atoms with E-state index < -0.39 is 29.9 Å². The quantitative estimate of drug-likeness (QED) is 0.798. The van der Waals surface area contributed by atoms with Gasteiger partial charge in [0.05, 0.1) is 16.2 Å². The van der Waals surface area contributed by atoms with Crippen molar-refractivity contribution in [2.75, 3.05) is 0 Å². The lowest BCUT2D eigenvalue weighted by Crippen LogP contribution is -2.41. The lowest BCUT2D eigenvalue weighted by atomic mass is 9.78. The fraction of sp³-hybridized carbons (Fsp3) is 0.500. The van der Waals surface area contributed by atoms with Crippen LogP contribution in [0.25, 0.3) is 0 Å². The molecule has 1 saturated heterocycles. The fourth-order valence-corrected chi connectivity index (χ4v) is 1.85. The number of hydrogen-bond donors (Lipinski definition) is 1. The standard InChI is InChI=1S/C12H15BClFO3/c1-11(2)12(3,4)18-13(17-11)7-5-6-8(14)10(16)9(7)15/h5-6,16H,1-4H3. The minimum atomic E-state index is -0.849. The molecule has 0 saturated carbocycles. The summed E-state index contributed by atoms with van der Waals surface area (Å²) in [5.74, 6) is -1.38. The van der Waals surface area contributed by atoms with E-state index >= 15 is 0 Å². The van der Waals surface area contributed by atoms with Gasteiger partial charge in [0.25, 0.3) is 0 Å². The highest BCUT2D eigenvalue weighted by atomic mass is 35.5. The van der Waals surface area contributed by atoms with Crippen molar-refractivity contribution in [2.24, 2.45) is 0 Å². The second-order valence-corrected chi connectivity index (χ2v) is 5.79. The van der Waals surface area contributed by atoms with E-state index in [-0.39, 0.29) is 10.5 Å². The molecule has 1 aromatic rings. The predicted octanol–water partition coefficient (Wildman–Crippen LogP) is 2.48. The molecule has 0 unspecified atom stereocenters. The van der Waals surface area contributed by atoms with E-state index in [4.69, 9.17) is 20.9 Å². The first-order valence-corrected chi connectivity index (χ1v) is 6.06. The molecule has 0 aliphatic carbocycles. The van der Waals surface area contributed by atoms with Crippen molar-refractivity contribution in [3.8, 4) is 5.75 Å². The maximum atomic E-state index is 13.9. The van der Waals surface area contributed by atoms with Gasteiger partial charge in [-0.15, -0.1) is 0 Å². The van der Waals surface area contributed by atoms with Crippen LogP contribution >= 0.6 is 11.6 Å². The smallest absolute Gasteiger partial charge is 0.498 e. The Balaban J connectivity index is 2.39. The summed E-state index contributed by atoms with van der Waals surface area (Å²) in [6, 6.07) is 2.87. The molecule has 1 N–H and O–H groups in total. The van der Waals surface area contributed by atoms with Crippen LogP contribution in [0.15, 0.2) is 12.1 Å². The summed E-state index contributed by atoms with van der Waals surface area (Å²) in [6.07, 6.45) is 0. The van der Waals surface area contributed by atoms with Crippen LogP contribution in [0, 0.1) is 5.82 Å². The molecule has 1 aliphatic heterocycles. The molecule has 18 heavy (non-hydrogen) atoms. The largest absolute Gasteiger partial charge is 0.504 e. The van der Waals surface area contributed by atoms with E-state index in [9.17, 15) is 9.50 Å². The number of hydrogen-bond acceptors (Lipinski definition) is 3. The van der Waals surface area contributed by atoms with Gasteiger partial charge in [0.2, 0.25) is 0 Å². The molecule has 2 rings (SSSR count). The zero-order valence-electron chi connectivity index (χ0n) is 10.8. The third-order valence-electron chi connectivity index (χ3n) is 3.60. The summed E-state index contributed by atoms with van der Waals surface area (Å²) in [6.45, 7) is 7.50. The molecule has 0 atom stereocenters. The number of benzene rings is 1. The van der Waals surface area contributed by atoms with Gasteiger partial charge < -0.3 is 14.4 Å². The minimum absolute atomic E-state index is 0.0345. The highest BCUT2D eigenvalue weighted by Gasteiger charge is 2.52. The zero-order chi connectivity index (χ0) is 13.7. The lowest BCUT2D eigenvalue weighted by Gasteiger charge is -2.32. The Morgan fingerprint density at radius 2 is 1.67 bits per heavy atom. The fourth-order valence-electron chi connectivity index (χ4n) is 1.71. The molecule has 6 heteroatoms. The van der Waals surface area contributed by atoms with Crippen molar-refractivity contribution < 1.29 is 18.8 Å². The first-order valence-electron chi connectivity index (χ1n) is 5.68. The van der Waals surface area contributed by atoms with Crippen LogP contribution in [-0.2, 0) is 9.31 Å². The third-order valence-corrected chi connectivity index (χ3v) is 3.91. The first kappa shape index (κ1) is 13.7. The Hall–Kier alpha value is -0.775. The minimum Gasteiger partial charge on any atom is -0.504 e. The molecule has 0 bridgehead atoms. The van der Waals surface area contributed by atoms with E-state index in [1.54, 1.807) is 0 Å². The molecular formula is C12H15BClFO3. The van der Waals surface area contributed by atoms with Crippen molar-refractivity contribution in [2.45, 2.75) is 38.9 Å². The van der Waals surface area contributed by atoms with Crippen LogP contribution in [0.5, 0.6) is 5.75 Å². The normalized spacial score (nSPS) is 21.3. The van der Waals surface area contributed by atoms with Crippen molar-refractivity contribution in [3.05, 3.63) is 23.0 Å². The number of halogens is 2. The predicted molar refractivity (Wildman–Crippen MR) is 68.8 cm³/mol. The number of phenolic OH excluding ortho intramolecular Hbond substituents is 1. The van der Waals surface area contributed by atoms with Crippen LogP contribution in [0.2, 0.25) is 5.02 Å². The van der Waals surface area contributed by atoms with Crippen molar-refractivity contribution in [3.63, 3.8) is 0 Å².